The van der Waals surface area contributed by atoms with Crippen LogP contribution in [0.25, 0.3) is 17.3 Å². The van der Waals surface area contributed by atoms with Crippen LogP contribution in [0.15, 0.2) is 71.4 Å². The first-order chi connectivity index (χ1) is 17.6. The van der Waals surface area contributed by atoms with Crippen LogP contribution >= 0.6 is 11.3 Å². The van der Waals surface area contributed by atoms with Crippen molar-refractivity contribution in [2.45, 2.75) is 20.4 Å². The van der Waals surface area contributed by atoms with Crippen molar-refractivity contribution in [3.8, 4) is 23.4 Å². The molecule has 0 saturated heterocycles. The van der Waals surface area contributed by atoms with Crippen LogP contribution in [0.1, 0.15) is 36.4 Å². The number of rotatable bonds is 9. The lowest BCUT2D eigenvalue weighted by atomic mass is 10.1. The first kappa shape index (κ1) is 24.5. The van der Waals surface area contributed by atoms with E-state index in [1.807, 2.05) is 60.7 Å². The van der Waals surface area contributed by atoms with Gasteiger partial charge in [0.2, 0.25) is 0 Å². The molecule has 0 aliphatic heterocycles. The molecule has 4 aromatic rings. The molecule has 0 radical (unpaired) electrons. The van der Waals surface area contributed by atoms with E-state index in [0.29, 0.717) is 11.5 Å². The number of aromatic nitrogens is 3. The van der Waals surface area contributed by atoms with E-state index >= 15 is 0 Å². The third kappa shape index (κ3) is 5.07. The van der Waals surface area contributed by atoms with Crippen molar-refractivity contribution in [2.75, 3.05) is 18.0 Å². The van der Waals surface area contributed by atoms with E-state index in [2.05, 4.69) is 46.6 Å². The van der Waals surface area contributed by atoms with Crippen LogP contribution in [0.5, 0.6) is 0 Å². The molecule has 0 aliphatic rings. The number of azo groups is 1. The molecule has 0 spiro atoms. The molecule has 9 heteroatoms. The van der Waals surface area contributed by atoms with Crippen LogP contribution in [0, 0.1) is 22.7 Å². The third-order valence-electron chi connectivity index (χ3n) is 5.62. The lowest BCUT2D eigenvalue weighted by Crippen LogP contribution is -2.21. The SMILES string of the molecule is C=Cc1ccc(Cn2c(N=Nc3sc(N(CC)CC)nc3-c3ccccc3)nc(C#N)c2C#N)cc1. The Morgan fingerprint density at radius 2 is 1.72 bits per heavy atom. The standard InChI is InChI=1S/C27H24N8S/c1-4-19-12-14-20(15-13-19)18-35-23(17-29)22(16-28)30-26(35)33-32-25-24(21-10-8-7-9-11-21)31-27(36-25)34(5-2)6-3/h4,7-15H,1,5-6,18H2,2-3H3. The summed E-state index contributed by atoms with van der Waals surface area (Å²) >= 11 is 1.45. The van der Waals surface area contributed by atoms with Crippen molar-refractivity contribution in [3.63, 3.8) is 0 Å². The smallest absolute Gasteiger partial charge is 0.252 e. The van der Waals surface area contributed by atoms with Crippen LogP contribution in [0.4, 0.5) is 16.1 Å². The molecule has 0 unspecified atom stereocenters. The van der Waals surface area contributed by atoms with E-state index < -0.39 is 0 Å². The minimum Gasteiger partial charge on any atom is -0.349 e. The van der Waals surface area contributed by atoms with Crippen LogP contribution in [0.2, 0.25) is 0 Å². The summed E-state index contributed by atoms with van der Waals surface area (Å²) in [5, 5.41) is 29.7. The number of imidazole rings is 1. The van der Waals surface area contributed by atoms with Gasteiger partial charge in [0.25, 0.3) is 5.95 Å². The van der Waals surface area contributed by atoms with E-state index in [-0.39, 0.29) is 17.3 Å². The van der Waals surface area contributed by atoms with Crippen molar-refractivity contribution in [2.24, 2.45) is 10.2 Å². The molecule has 178 valence electrons. The predicted molar refractivity (Wildman–Crippen MR) is 143 cm³/mol. The van der Waals surface area contributed by atoms with Gasteiger partial charge < -0.3 is 4.90 Å². The van der Waals surface area contributed by atoms with Crippen molar-refractivity contribution < 1.29 is 0 Å². The number of thiazole rings is 1. The maximum atomic E-state index is 9.74. The molecule has 8 nitrogen and oxygen atoms in total. The molecular weight excluding hydrogens is 468 g/mol. The highest BCUT2D eigenvalue weighted by Crippen LogP contribution is 2.40. The number of nitriles is 2. The summed E-state index contributed by atoms with van der Waals surface area (Å²) in [6, 6.07) is 21.7. The Kier molecular flexibility index (Phi) is 7.64. The Morgan fingerprint density at radius 3 is 2.33 bits per heavy atom. The van der Waals surface area contributed by atoms with Crippen LogP contribution in [0.3, 0.4) is 0 Å². The fourth-order valence-corrected chi connectivity index (χ4v) is 4.71. The largest absolute Gasteiger partial charge is 0.349 e. The highest BCUT2D eigenvalue weighted by molar-refractivity contribution is 7.19. The molecule has 2 heterocycles. The van der Waals surface area contributed by atoms with Gasteiger partial charge in [0.05, 0.1) is 6.54 Å². The van der Waals surface area contributed by atoms with Crippen LogP contribution < -0.4 is 4.90 Å². The van der Waals surface area contributed by atoms with Gasteiger partial charge in [-0.3, -0.25) is 4.57 Å². The summed E-state index contributed by atoms with van der Waals surface area (Å²) in [6.07, 6.45) is 1.76. The zero-order valence-electron chi connectivity index (χ0n) is 20.1. The quantitative estimate of drug-likeness (QED) is 0.242. The number of benzene rings is 2. The predicted octanol–water partition coefficient (Wildman–Crippen LogP) is 6.70. The Labute approximate surface area is 214 Å². The van der Waals surface area contributed by atoms with Crippen LogP contribution in [-0.2, 0) is 6.54 Å². The van der Waals surface area contributed by atoms with Gasteiger partial charge in [-0.2, -0.15) is 15.5 Å². The average molecular weight is 493 g/mol. The van der Waals surface area contributed by atoms with Gasteiger partial charge in [-0.05, 0) is 25.0 Å². The minimum atomic E-state index is 0.0191. The number of anilines is 1. The molecule has 0 atom stereocenters. The van der Waals surface area contributed by atoms with Gasteiger partial charge in [0.15, 0.2) is 21.5 Å². The van der Waals surface area contributed by atoms with Crippen LogP contribution in [-0.4, -0.2) is 27.6 Å². The molecule has 0 bridgehead atoms. The number of hydrogen-bond acceptors (Lipinski definition) is 8. The molecule has 4 rings (SSSR count). The van der Waals surface area contributed by atoms with Gasteiger partial charge in [-0.25, -0.2) is 4.98 Å². The van der Waals surface area contributed by atoms with Crippen molar-refractivity contribution in [1.29, 1.82) is 10.5 Å². The molecule has 0 amide bonds. The van der Waals surface area contributed by atoms with Gasteiger partial charge in [0, 0.05) is 18.7 Å². The summed E-state index contributed by atoms with van der Waals surface area (Å²) in [5.41, 5.74) is 3.75. The van der Waals surface area contributed by atoms with E-state index in [9.17, 15) is 10.5 Å². The van der Waals surface area contributed by atoms with Crippen molar-refractivity contribution in [3.05, 3.63) is 83.7 Å². The molecule has 0 saturated carbocycles. The summed E-state index contributed by atoms with van der Waals surface area (Å²) < 4.78 is 1.61. The van der Waals surface area contributed by atoms with E-state index in [4.69, 9.17) is 4.98 Å². The zero-order chi connectivity index (χ0) is 25.5. The molecule has 0 aliphatic carbocycles. The normalized spacial score (nSPS) is 10.8. The average Bonchev–Trinajstić information content (AvgIpc) is 3.50. The Bertz CT molecular complexity index is 1460. The molecule has 0 N–H and O–H groups in total. The number of hydrogen-bond donors (Lipinski definition) is 0. The first-order valence-electron chi connectivity index (χ1n) is 11.5. The van der Waals surface area contributed by atoms with Crippen molar-refractivity contribution in [1.82, 2.24) is 14.5 Å². The molecule has 2 aromatic carbocycles. The fraction of sp³-hybridized carbons (Fsp3) is 0.185. The first-order valence-corrected chi connectivity index (χ1v) is 12.3. The second-order valence-corrected chi connectivity index (χ2v) is 8.71. The van der Waals surface area contributed by atoms with Gasteiger partial charge >= 0.3 is 0 Å². The molecule has 36 heavy (non-hydrogen) atoms. The Morgan fingerprint density at radius 1 is 1.00 bits per heavy atom. The summed E-state index contributed by atoms with van der Waals surface area (Å²) in [7, 11) is 0. The van der Waals surface area contributed by atoms with E-state index in [0.717, 1.165) is 40.6 Å². The highest BCUT2D eigenvalue weighted by atomic mass is 32.1. The highest BCUT2D eigenvalue weighted by Gasteiger charge is 2.19. The van der Waals surface area contributed by atoms with Gasteiger partial charge in [0.1, 0.15) is 17.8 Å². The summed E-state index contributed by atoms with van der Waals surface area (Å²) in [6.45, 7) is 9.91. The molecule has 0 fully saturated rings. The number of nitrogens with zero attached hydrogens (tertiary/aromatic N) is 8. The minimum absolute atomic E-state index is 0.0191. The summed E-state index contributed by atoms with van der Waals surface area (Å²) in [4.78, 5) is 11.3. The Hall–Kier alpha value is -4.60. The topological polar surface area (TPSA) is 106 Å². The second kappa shape index (κ2) is 11.2. The van der Waals surface area contributed by atoms with Crippen molar-refractivity contribution >= 4 is 33.5 Å². The van der Waals surface area contributed by atoms with Gasteiger partial charge in [-0.1, -0.05) is 78.6 Å². The maximum Gasteiger partial charge on any atom is 0.252 e. The van der Waals surface area contributed by atoms with E-state index in [1.165, 1.54) is 11.3 Å². The van der Waals surface area contributed by atoms with Gasteiger partial charge in [-0.15, -0.1) is 10.2 Å². The molecular formula is C27H24N8S. The van der Waals surface area contributed by atoms with E-state index in [1.54, 1.807) is 10.6 Å². The monoisotopic (exact) mass is 492 g/mol. The maximum absolute atomic E-state index is 9.74. The second-order valence-electron chi connectivity index (χ2n) is 7.75. The third-order valence-corrected chi connectivity index (χ3v) is 6.63. The fourth-order valence-electron chi connectivity index (χ4n) is 3.67. The summed E-state index contributed by atoms with van der Waals surface area (Å²) in [5.74, 6) is 0.188. The zero-order valence-corrected chi connectivity index (χ0v) is 20.9. The molecule has 2 aromatic heterocycles. The Balaban J connectivity index is 1.77. The lowest BCUT2D eigenvalue weighted by molar-refractivity contribution is 0.780. The lowest BCUT2D eigenvalue weighted by Gasteiger charge is -2.16.